The van der Waals surface area contributed by atoms with Gasteiger partial charge in [0, 0.05) is 22.8 Å². The molecule has 1 amide bonds. The normalized spacial score (nSPS) is 21.7. The van der Waals surface area contributed by atoms with Gasteiger partial charge in [-0.3, -0.25) is 14.4 Å². The van der Waals surface area contributed by atoms with E-state index < -0.39 is 47.0 Å². The SMILES string of the molecule is O=C(Nc1ccccc1)[C@H]1[C@@H](C(=O)[O-])C2(O[C@H]1c1ccc(Cl)c(Cl)c1)C(=O)c1ccccc1C2=O.[Na+]. The fourth-order valence-electron chi connectivity index (χ4n) is 4.86. The number of rotatable bonds is 4. The van der Waals surface area contributed by atoms with Gasteiger partial charge in [0.1, 0.15) is 0 Å². The fourth-order valence-corrected chi connectivity index (χ4v) is 5.17. The first-order valence-corrected chi connectivity index (χ1v) is 11.4. The van der Waals surface area contributed by atoms with E-state index in [1.54, 1.807) is 42.5 Å². The van der Waals surface area contributed by atoms with Crippen molar-refractivity contribution in [3.8, 4) is 0 Å². The van der Waals surface area contributed by atoms with Crippen LogP contribution in [0.1, 0.15) is 32.4 Å². The molecule has 1 spiro atoms. The topological polar surface area (TPSA) is 113 Å². The molecule has 3 aromatic carbocycles. The van der Waals surface area contributed by atoms with Crippen molar-refractivity contribution < 1.29 is 58.6 Å². The first-order valence-electron chi connectivity index (χ1n) is 10.6. The summed E-state index contributed by atoms with van der Waals surface area (Å²) >= 11 is 12.2. The van der Waals surface area contributed by atoms with Gasteiger partial charge in [0.25, 0.3) is 0 Å². The molecule has 1 fully saturated rings. The van der Waals surface area contributed by atoms with Crippen molar-refractivity contribution in [2.75, 3.05) is 5.32 Å². The van der Waals surface area contributed by atoms with Crippen LogP contribution in [0, 0.1) is 11.8 Å². The second-order valence-corrected chi connectivity index (χ2v) is 9.14. The van der Waals surface area contributed by atoms with E-state index in [9.17, 15) is 24.3 Å². The Hall–Kier alpha value is -2.52. The number of ether oxygens (including phenoxy) is 1. The van der Waals surface area contributed by atoms with Gasteiger partial charge in [0.05, 0.1) is 28.0 Å². The molecule has 7 nitrogen and oxygen atoms in total. The number of carbonyl (C=O) groups excluding carboxylic acids is 4. The number of carboxylic acids is 1. The maximum atomic E-state index is 13.6. The van der Waals surface area contributed by atoms with Gasteiger partial charge in [0.2, 0.25) is 23.1 Å². The van der Waals surface area contributed by atoms with Crippen LogP contribution in [0.4, 0.5) is 5.69 Å². The maximum absolute atomic E-state index is 13.6. The molecule has 3 atom stereocenters. The Kier molecular flexibility index (Phi) is 7.44. The first-order chi connectivity index (χ1) is 16.8. The summed E-state index contributed by atoms with van der Waals surface area (Å²) in [5.41, 5.74) is -1.72. The number of hydrogen-bond donors (Lipinski definition) is 1. The van der Waals surface area contributed by atoms with Crippen molar-refractivity contribution in [3.05, 3.63) is 99.5 Å². The van der Waals surface area contributed by atoms with Crippen molar-refractivity contribution in [2.45, 2.75) is 11.7 Å². The van der Waals surface area contributed by atoms with Gasteiger partial charge in [-0.25, -0.2) is 0 Å². The number of Topliss-reactive ketones (excluding diaryl/α,β-unsaturated/α-hetero) is 2. The molecule has 2 aliphatic rings. The number of benzene rings is 3. The molecular formula is C26H16Cl2NNaO6. The molecular weight excluding hydrogens is 516 g/mol. The average molecular weight is 532 g/mol. The minimum atomic E-state index is -2.46. The monoisotopic (exact) mass is 531 g/mol. The zero-order valence-corrected chi connectivity index (χ0v) is 22.4. The smallest absolute Gasteiger partial charge is 0.550 e. The molecule has 0 bridgehead atoms. The molecule has 0 unspecified atom stereocenters. The van der Waals surface area contributed by atoms with E-state index in [1.807, 2.05) is 0 Å². The zero-order valence-electron chi connectivity index (χ0n) is 18.9. The molecule has 176 valence electrons. The summed E-state index contributed by atoms with van der Waals surface area (Å²) in [5, 5.41) is 15.6. The van der Waals surface area contributed by atoms with Crippen molar-refractivity contribution >= 4 is 52.3 Å². The third-order valence-electron chi connectivity index (χ3n) is 6.40. The molecule has 10 heteroatoms. The van der Waals surface area contributed by atoms with Crippen molar-refractivity contribution in [1.82, 2.24) is 0 Å². The largest absolute Gasteiger partial charge is 1.00 e. The number of carbonyl (C=O) groups is 4. The number of fused-ring (bicyclic) bond motifs is 1. The third kappa shape index (κ3) is 4.10. The van der Waals surface area contributed by atoms with Crippen molar-refractivity contribution in [2.24, 2.45) is 11.8 Å². The van der Waals surface area contributed by atoms with E-state index in [1.165, 1.54) is 30.3 Å². The Labute approximate surface area is 238 Å². The summed E-state index contributed by atoms with van der Waals surface area (Å²) in [5.74, 6) is -7.57. The summed E-state index contributed by atoms with van der Waals surface area (Å²) in [6.07, 6.45) is -1.31. The maximum Gasteiger partial charge on any atom is 1.00 e. The van der Waals surface area contributed by atoms with Gasteiger partial charge in [0.15, 0.2) is 0 Å². The van der Waals surface area contributed by atoms with E-state index in [4.69, 9.17) is 27.9 Å². The number of amides is 1. The fraction of sp³-hybridized carbons (Fsp3) is 0.154. The molecule has 5 rings (SSSR count). The molecule has 1 N–H and O–H groups in total. The van der Waals surface area contributed by atoms with Gasteiger partial charge < -0.3 is 20.0 Å². The van der Waals surface area contributed by atoms with Gasteiger partial charge in [-0.2, -0.15) is 0 Å². The molecule has 1 heterocycles. The van der Waals surface area contributed by atoms with E-state index in [0.717, 1.165) is 0 Å². The molecule has 0 saturated carbocycles. The Bertz CT molecular complexity index is 1360. The van der Waals surface area contributed by atoms with Gasteiger partial charge in [-0.05, 0) is 29.8 Å². The van der Waals surface area contributed by atoms with Gasteiger partial charge >= 0.3 is 29.6 Å². The van der Waals surface area contributed by atoms with Crippen LogP contribution < -0.4 is 40.0 Å². The van der Waals surface area contributed by atoms with Gasteiger partial charge in [-0.15, -0.1) is 0 Å². The van der Waals surface area contributed by atoms with Crippen molar-refractivity contribution in [1.29, 1.82) is 0 Å². The Morgan fingerprint density at radius 3 is 2.00 bits per heavy atom. The zero-order chi connectivity index (χ0) is 24.9. The molecule has 1 saturated heterocycles. The van der Waals surface area contributed by atoms with Crippen LogP contribution in [0.5, 0.6) is 0 Å². The first kappa shape index (κ1) is 26.5. The summed E-state index contributed by atoms with van der Waals surface area (Å²) < 4.78 is 6.06. The number of hydrogen-bond acceptors (Lipinski definition) is 6. The second kappa shape index (κ2) is 10.1. The summed E-state index contributed by atoms with van der Waals surface area (Å²) in [4.78, 5) is 53.2. The minimum Gasteiger partial charge on any atom is -0.550 e. The molecule has 1 aliphatic carbocycles. The second-order valence-electron chi connectivity index (χ2n) is 8.33. The third-order valence-corrected chi connectivity index (χ3v) is 7.14. The van der Waals surface area contributed by atoms with E-state index in [2.05, 4.69) is 5.32 Å². The predicted molar refractivity (Wildman–Crippen MR) is 125 cm³/mol. The van der Waals surface area contributed by atoms with E-state index in [-0.39, 0.29) is 56.3 Å². The Balaban J connectivity index is 0.00000304. The molecule has 36 heavy (non-hydrogen) atoms. The van der Waals surface area contributed by atoms with Crippen LogP contribution >= 0.6 is 23.2 Å². The Morgan fingerprint density at radius 1 is 0.861 bits per heavy atom. The molecule has 0 aromatic heterocycles. The quantitative estimate of drug-likeness (QED) is 0.387. The summed E-state index contributed by atoms with van der Waals surface area (Å²) in [7, 11) is 0. The summed E-state index contributed by atoms with van der Waals surface area (Å²) in [6, 6.07) is 18.7. The standard InChI is InChI=1S/C26H17Cl2NO6.Na/c27-17-11-10-13(12-18(17)28)21-19(24(32)29-14-6-2-1-3-7-14)20(25(33)34)26(35-21)22(30)15-8-4-5-9-16(15)23(26)31;/h1-12,19-21H,(H,29,32)(H,33,34);/q;+1/p-1/t19-,20-,21-;/m0./s1. The van der Waals surface area contributed by atoms with Crippen LogP contribution in [-0.4, -0.2) is 29.0 Å². The predicted octanol–water partition coefficient (Wildman–Crippen LogP) is 0.508. The van der Waals surface area contributed by atoms with E-state index >= 15 is 0 Å². The summed E-state index contributed by atoms with van der Waals surface area (Å²) in [6.45, 7) is 0. The van der Waals surface area contributed by atoms with Crippen LogP contribution in [0.15, 0.2) is 72.8 Å². The molecule has 1 aliphatic heterocycles. The van der Waals surface area contributed by atoms with E-state index in [0.29, 0.717) is 5.69 Å². The molecule has 0 radical (unpaired) electrons. The van der Waals surface area contributed by atoms with Crippen molar-refractivity contribution in [3.63, 3.8) is 0 Å². The number of para-hydroxylation sites is 1. The number of nitrogens with one attached hydrogen (secondary N) is 1. The number of ketones is 2. The minimum absolute atomic E-state index is 0. The Morgan fingerprint density at radius 2 is 1.44 bits per heavy atom. The average Bonchev–Trinajstić information content (AvgIpc) is 3.32. The number of halogens is 2. The van der Waals surface area contributed by atoms with Gasteiger partial charge in [-0.1, -0.05) is 71.7 Å². The van der Waals surface area contributed by atoms with Crippen LogP contribution in [0.25, 0.3) is 0 Å². The van der Waals surface area contributed by atoms with Crippen LogP contribution in [0.3, 0.4) is 0 Å². The van der Waals surface area contributed by atoms with Crippen LogP contribution in [-0.2, 0) is 14.3 Å². The number of aliphatic carboxylic acids is 1. The number of carboxylic acid groups (broad SMARTS) is 1. The molecule has 3 aromatic rings. The number of anilines is 1. The van der Waals surface area contributed by atoms with Crippen LogP contribution in [0.2, 0.25) is 10.0 Å².